The van der Waals surface area contributed by atoms with Crippen molar-refractivity contribution in [3.63, 3.8) is 0 Å². The number of hydrogen-bond donors (Lipinski definition) is 1. The van der Waals surface area contributed by atoms with Gasteiger partial charge in [0.05, 0.1) is 6.10 Å². The first-order chi connectivity index (χ1) is 7.33. The number of aliphatic hydroxyl groups is 1. The molecule has 2 unspecified atom stereocenters. The zero-order valence-electron chi connectivity index (χ0n) is 8.52. The predicted octanol–water partition coefficient (Wildman–Crippen LogP) is 3.06. The van der Waals surface area contributed by atoms with Crippen molar-refractivity contribution in [1.29, 1.82) is 0 Å². The Morgan fingerprint density at radius 2 is 2.07 bits per heavy atom. The van der Waals surface area contributed by atoms with Crippen LogP contribution in [0.4, 0.5) is 0 Å². The van der Waals surface area contributed by atoms with Crippen molar-refractivity contribution in [1.82, 2.24) is 0 Å². The van der Waals surface area contributed by atoms with E-state index in [-0.39, 0.29) is 6.10 Å². The zero-order chi connectivity index (χ0) is 10.3. The normalized spacial score (nSPS) is 26.2. The van der Waals surface area contributed by atoms with Gasteiger partial charge in [-0.1, -0.05) is 18.2 Å². The Morgan fingerprint density at radius 1 is 1.20 bits per heavy atom. The molecule has 1 aromatic heterocycles. The van der Waals surface area contributed by atoms with Crippen LogP contribution in [-0.2, 0) is 0 Å². The molecule has 2 atom stereocenters. The van der Waals surface area contributed by atoms with Crippen LogP contribution in [0.3, 0.4) is 0 Å². The number of aliphatic hydroxyl groups excluding tert-OH is 1. The molecule has 0 radical (unpaired) electrons. The van der Waals surface area contributed by atoms with Crippen molar-refractivity contribution < 1.29 is 9.52 Å². The highest BCUT2D eigenvalue weighted by atomic mass is 16.3. The van der Waals surface area contributed by atoms with Gasteiger partial charge in [-0.05, 0) is 31.4 Å². The topological polar surface area (TPSA) is 33.4 Å². The van der Waals surface area contributed by atoms with Crippen molar-refractivity contribution >= 4 is 11.0 Å². The fourth-order valence-corrected chi connectivity index (χ4v) is 2.42. The van der Waals surface area contributed by atoms with Crippen LogP contribution in [0.5, 0.6) is 0 Å². The predicted molar refractivity (Wildman–Crippen MR) is 58.8 cm³/mol. The SMILES string of the molecule is OC1CCC(c2cc3ccccc3o2)C1. The van der Waals surface area contributed by atoms with Crippen molar-refractivity contribution in [2.24, 2.45) is 0 Å². The largest absolute Gasteiger partial charge is 0.461 e. The zero-order valence-corrected chi connectivity index (χ0v) is 8.52. The van der Waals surface area contributed by atoms with Crippen LogP contribution in [0.1, 0.15) is 30.9 Å². The van der Waals surface area contributed by atoms with Gasteiger partial charge in [-0.15, -0.1) is 0 Å². The van der Waals surface area contributed by atoms with E-state index < -0.39 is 0 Å². The molecule has 1 fully saturated rings. The molecule has 1 heterocycles. The fraction of sp³-hybridized carbons (Fsp3) is 0.385. The Balaban J connectivity index is 1.98. The molecule has 1 aliphatic carbocycles. The third kappa shape index (κ3) is 1.55. The van der Waals surface area contributed by atoms with Gasteiger partial charge in [0.2, 0.25) is 0 Å². The van der Waals surface area contributed by atoms with E-state index in [9.17, 15) is 5.11 Å². The minimum Gasteiger partial charge on any atom is -0.461 e. The van der Waals surface area contributed by atoms with E-state index >= 15 is 0 Å². The number of rotatable bonds is 1. The summed E-state index contributed by atoms with van der Waals surface area (Å²) >= 11 is 0. The summed E-state index contributed by atoms with van der Waals surface area (Å²) in [6.45, 7) is 0. The lowest BCUT2D eigenvalue weighted by molar-refractivity contribution is 0.180. The van der Waals surface area contributed by atoms with Gasteiger partial charge in [-0.3, -0.25) is 0 Å². The molecule has 1 N–H and O–H groups in total. The third-order valence-electron chi connectivity index (χ3n) is 3.25. The Hall–Kier alpha value is -1.28. The molecule has 2 aromatic rings. The van der Waals surface area contributed by atoms with E-state index in [1.807, 2.05) is 18.2 Å². The van der Waals surface area contributed by atoms with Crippen LogP contribution >= 0.6 is 0 Å². The highest BCUT2D eigenvalue weighted by molar-refractivity contribution is 5.77. The van der Waals surface area contributed by atoms with Gasteiger partial charge >= 0.3 is 0 Å². The summed E-state index contributed by atoms with van der Waals surface area (Å²) in [6, 6.07) is 10.2. The fourth-order valence-electron chi connectivity index (χ4n) is 2.42. The molecule has 2 nitrogen and oxygen atoms in total. The van der Waals surface area contributed by atoms with E-state index in [0.717, 1.165) is 36.0 Å². The second kappa shape index (κ2) is 3.38. The minimum absolute atomic E-state index is 0.136. The van der Waals surface area contributed by atoms with Crippen molar-refractivity contribution in [3.05, 3.63) is 36.1 Å². The quantitative estimate of drug-likeness (QED) is 0.771. The average molecular weight is 202 g/mol. The summed E-state index contributed by atoms with van der Waals surface area (Å²) in [5, 5.41) is 10.7. The molecule has 0 amide bonds. The first-order valence-electron chi connectivity index (χ1n) is 5.49. The molecular weight excluding hydrogens is 188 g/mol. The maximum absolute atomic E-state index is 9.49. The second-order valence-corrected chi connectivity index (χ2v) is 4.35. The molecule has 0 saturated heterocycles. The molecule has 15 heavy (non-hydrogen) atoms. The molecule has 0 aliphatic heterocycles. The first-order valence-corrected chi connectivity index (χ1v) is 5.49. The summed E-state index contributed by atoms with van der Waals surface area (Å²) in [5.41, 5.74) is 0.953. The van der Waals surface area contributed by atoms with Gasteiger partial charge in [0, 0.05) is 11.3 Å². The van der Waals surface area contributed by atoms with E-state index in [1.54, 1.807) is 0 Å². The van der Waals surface area contributed by atoms with Crippen LogP contribution in [0.25, 0.3) is 11.0 Å². The standard InChI is InChI=1S/C13H14O2/c14-11-6-5-10(7-11)13-8-9-3-1-2-4-12(9)15-13/h1-4,8,10-11,14H,5-7H2. The molecule has 1 aliphatic rings. The number of para-hydroxylation sites is 1. The Labute approximate surface area is 88.5 Å². The monoisotopic (exact) mass is 202 g/mol. The molecule has 2 heteroatoms. The highest BCUT2D eigenvalue weighted by Crippen LogP contribution is 2.36. The first kappa shape index (κ1) is 8.98. The van der Waals surface area contributed by atoms with Crippen LogP contribution in [-0.4, -0.2) is 11.2 Å². The summed E-state index contributed by atoms with van der Waals surface area (Å²) in [6.07, 6.45) is 2.66. The van der Waals surface area contributed by atoms with E-state index in [1.165, 1.54) is 0 Å². The number of furan rings is 1. The van der Waals surface area contributed by atoms with Gasteiger partial charge in [-0.25, -0.2) is 0 Å². The van der Waals surface area contributed by atoms with Gasteiger partial charge in [-0.2, -0.15) is 0 Å². The van der Waals surface area contributed by atoms with E-state index in [2.05, 4.69) is 12.1 Å². The van der Waals surface area contributed by atoms with Gasteiger partial charge in [0.25, 0.3) is 0 Å². The van der Waals surface area contributed by atoms with Crippen LogP contribution < -0.4 is 0 Å². The van der Waals surface area contributed by atoms with E-state index in [0.29, 0.717) is 5.92 Å². The summed E-state index contributed by atoms with van der Waals surface area (Å²) < 4.78 is 5.79. The van der Waals surface area contributed by atoms with Crippen LogP contribution in [0.15, 0.2) is 34.7 Å². The number of hydrogen-bond acceptors (Lipinski definition) is 2. The highest BCUT2D eigenvalue weighted by Gasteiger charge is 2.26. The number of benzene rings is 1. The Bertz CT molecular complexity index is 439. The lowest BCUT2D eigenvalue weighted by atomic mass is 10.1. The summed E-state index contributed by atoms with van der Waals surface area (Å²) in [4.78, 5) is 0. The molecule has 1 aromatic carbocycles. The molecule has 3 rings (SSSR count). The molecule has 1 saturated carbocycles. The minimum atomic E-state index is -0.136. The van der Waals surface area contributed by atoms with Gasteiger partial charge in [0.1, 0.15) is 11.3 Å². The molecule has 0 bridgehead atoms. The van der Waals surface area contributed by atoms with Crippen molar-refractivity contribution in [3.8, 4) is 0 Å². The van der Waals surface area contributed by atoms with Gasteiger partial charge < -0.3 is 9.52 Å². The van der Waals surface area contributed by atoms with E-state index in [4.69, 9.17) is 4.42 Å². The molecular formula is C13H14O2. The van der Waals surface area contributed by atoms with Crippen LogP contribution in [0, 0.1) is 0 Å². The second-order valence-electron chi connectivity index (χ2n) is 4.35. The van der Waals surface area contributed by atoms with Crippen molar-refractivity contribution in [2.75, 3.05) is 0 Å². The van der Waals surface area contributed by atoms with Gasteiger partial charge in [0.15, 0.2) is 0 Å². The molecule has 78 valence electrons. The number of fused-ring (bicyclic) bond motifs is 1. The lowest BCUT2D eigenvalue weighted by Crippen LogP contribution is -1.98. The summed E-state index contributed by atoms with van der Waals surface area (Å²) in [5.74, 6) is 1.44. The summed E-state index contributed by atoms with van der Waals surface area (Å²) in [7, 11) is 0. The Kier molecular flexibility index (Phi) is 2.03. The van der Waals surface area contributed by atoms with Crippen molar-refractivity contribution in [2.45, 2.75) is 31.3 Å². The smallest absolute Gasteiger partial charge is 0.134 e. The Morgan fingerprint density at radius 3 is 2.80 bits per heavy atom. The maximum atomic E-state index is 9.49. The average Bonchev–Trinajstić information content (AvgIpc) is 2.82. The van der Waals surface area contributed by atoms with Crippen LogP contribution in [0.2, 0.25) is 0 Å². The third-order valence-corrected chi connectivity index (χ3v) is 3.25. The lowest BCUT2D eigenvalue weighted by Gasteiger charge is -2.03. The molecule has 0 spiro atoms. The maximum Gasteiger partial charge on any atom is 0.134 e.